The van der Waals surface area contributed by atoms with Gasteiger partial charge >= 0.3 is 6.18 Å². The van der Waals surface area contributed by atoms with Gasteiger partial charge in [-0.15, -0.1) is 0 Å². The first-order valence-electron chi connectivity index (χ1n) is 11.4. The Balaban J connectivity index is 1.91. The number of aromatic nitrogens is 3. The topological polar surface area (TPSA) is 121 Å². The van der Waals surface area contributed by atoms with Crippen molar-refractivity contribution >= 4 is 22.8 Å². The van der Waals surface area contributed by atoms with Crippen molar-refractivity contribution in [1.82, 2.24) is 19.9 Å². The van der Waals surface area contributed by atoms with Gasteiger partial charge in [-0.2, -0.15) is 13.2 Å². The summed E-state index contributed by atoms with van der Waals surface area (Å²) in [5.74, 6) is -3.96. The van der Waals surface area contributed by atoms with Gasteiger partial charge in [0, 0.05) is 25.4 Å². The smallest absolute Gasteiger partial charge is 0.389 e. The molecule has 1 unspecified atom stereocenters. The number of hydrogen-bond donors (Lipinski definition) is 3. The number of pyridine rings is 3. The van der Waals surface area contributed by atoms with Crippen LogP contribution in [-0.4, -0.2) is 68.2 Å². The minimum atomic E-state index is -4.84. The summed E-state index contributed by atoms with van der Waals surface area (Å²) in [6.45, 7) is 3.79. The van der Waals surface area contributed by atoms with Crippen molar-refractivity contribution in [2.45, 2.75) is 45.2 Å². The van der Waals surface area contributed by atoms with Crippen molar-refractivity contribution in [3.05, 3.63) is 58.0 Å². The quantitative estimate of drug-likeness (QED) is 0.434. The van der Waals surface area contributed by atoms with Crippen LogP contribution in [0.5, 0.6) is 0 Å². The van der Waals surface area contributed by atoms with E-state index < -0.39 is 64.2 Å². The van der Waals surface area contributed by atoms with Gasteiger partial charge in [0.1, 0.15) is 23.2 Å². The maximum Gasteiger partial charge on any atom is 0.409 e. The van der Waals surface area contributed by atoms with Crippen molar-refractivity contribution in [2.75, 3.05) is 18.0 Å². The standard InChI is InChI=1S/C24H24F5N5O4/c1-23(2,3)22(24(27,28)29)32-21(38)13-8-34(20-14(26)6-11(25)7-30-20)19-12(18(13)37)4-5-17(31-19)33-9-15(35)16(36)10-33/h4-8,15-16,22,35-36H,9-10H2,1-3H3,(H,32,38)/t15-,16-,22?/m1/s1. The van der Waals surface area contributed by atoms with Crippen LogP contribution >= 0.6 is 0 Å². The number of halogens is 5. The number of carbonyl (C=O) groups is 1. The molecule has 0 saturated carbocycles. The molecule has 3 N–H and O–H groups in total. The molecule has 0 bridgehead atoms. The lowest BCUT2D eigenvalue weighted by atomic mass is 9.86. The summed E-state index contributed by atoms with van der Waals surface area (Å²) in [7, 11) is 0. The van der Waals surface area contributed by atoms with Crippen molar-refractivity contribution in [3.8, 4) is 5.82 Å². The molecule has 3 atom stereocenters. The van der Waals surface area contributed by atoms with Crippen LogP contribution in [0.1, 0.15) is 31.1 Å². The summed E-state index contributed by atoms with van der Waals surface area (Å²) in [5, 5.41) is 21.3. The molecule has 14 heteroatoms. The molecule has 1 amide bonds. The Bertz CT molecular complexity index is 1430. The van der Waals surface area contributed by atoms with Gasteiger partial charge in [0.25, 0.3) is 5.91 Å². The molecule has 1 fully saturated rings. The second kappa shape index (κ2) is 9.58. The molecule has 1 aliphatic rings. The average Bonchev–Trinajstić information content (AvgIpc) is 3.14. The zero-order chi connectivity index (χ0) is 28.2. The van der Waals surface area contributed by atoms with Crippen molar-refractivity contribution in [3.63, 3.8) is 0 Å². The first-order valence-corrected chi connectivity index (χ1v) is 11.4. The number of anilines is 1. The number of β-amino-alcohol motifs (C(OH)–C–C–N with tert-alkyl or cyclic N) is 2. The number of amides is 1. The molecule has 1 aliphatic heterocycles. The predicted molar refractivity (Wildman–Crippen MR) is 126 cm³/mol. The number of carbonyl (C=O) groups excluding carboxylic acids is 1. The molecule has 9 nitrogen and oxygen atoms in total. The Morgan fingerprint density at radius 1 is 1.13 bits per heavy atom. The molecule has 204 valence electrons. The van der Waals surface area contributed by atoms with E-state index in [-0.39, 0.29) is 29.9 Å². The Morgan fingerprint density at radius 3 is 2.32 bits per heavy atom. The summed E-state index contributed by atoms with van der Waals surface area (Å²) >= 11 is 0. The van der Waals surface area contributed by atoms with Crippen LogP contribution < -0.4 is 15.6 Å². The van der Waals surface area contributed by atoms with E-state index in [1.165, 1.54) is 37.8 Å². The molecule has 38 heavy (non-hydrogen) atoms. The van der Waals surface area contributed by atoms with Gasteiger partial charge in [0.05, 0.1) is 23.8 Å². The number of nitrogens with zero attached hydrogens (tertiary/aromatic N) is 4. The molecule has 0 aliphatic carbocycles. The van der Waals surface area contributed by atoms with E-state index in [4.69, 9.17) is 0 Å². The number of rotatable bonds is 4. The molecule has 3 aromatic heterocycles. The van der Waals surface area contributed by atoms with E-state index in [1.807, 2.05) is 5.32 Å². The summed E-state index contributed by atoms with van der Waals surface area (Å²) < 4.78 is 70.2. The maximum absolute atomic E-state index is 14.8. The third-order valence-corrected chi connectivity index (χ3v) is 6.15. The van der Waals surface area contributed by atoms with E-state index in [2.05, 4.69) is 9.97 Å². The summed E-state index contributed by atoms with van der Waals surface area (Å²) in [6, 6.07) is 0.766. The molecular weight excluding hydrogens is 517 g/mol. The van der Waals surface area contributed by atoms with Crippen LogP contribution in [0.25, 0.3) is 16.9 Å². The van der Waals surface area contributed by atoms with Crippen LogP contribution in [-0.2, 0) is 0 Å². The van der Waals surface area contributed by atoms with Crippen LogP contribution in [0, 0.1) is 17.0 Å². The monoisotopic (exact) mass is 541 g/mol. The highest BCUT2D eigenvalue weighted by molar-refractivity contribution is 5.97. The predicted octanol–water partition coefficient (Wildman–Crippen LogP) is 2.31. The minimum absolute atomic E-state index is 0.000805. The van der Waals surface area contributed by atoms with Gasteiger partial charge in [-0.05, 0) is 17.5 Å². The van der Waals surface area contributed by atoms with Crippen molar-refractivity contribution in [1.29, 1.82) is 0 Å². The van der Waals surface area contributed by atoms with Gasteiger partial charge < -0.3 is 20.4 Å². The molecule has 0 aromatic carbocycles. The van der Waals surface area contributed by atoms with Gasteiger partial charge in [-0.1, -0.05) is 20.8 Å². The van der Waals surface area contributed by atoms with Crippen LogP contribution in [0.15, 0.2) is 35.4 Å². The van der Waals surface area contributed by atoms with E-state index >= 15 is 0 Å². The van der Waals surface area contributed by atoms with Crippen LogP contribution in [0.4, 0.5) is 27.8 Å². The number of hydrogen-bond acceptors (Lipinski definition) is 7. The van der Waals surface area contributed by atoms with Crippen molar-refractivity contribution in [2.24, 2.45) is 5.41 Å². The number of aliphatic hydroxyl groups is 2. The summed E-state index contributed by atoms with van der Waals surface area (Å²) in [6.07, 6.45) is -5.50. The molecule has 3 aromatic rings. The number of alkyl halides is 3. The second-order valence-corrected chi connectivity index (χ2v) is 10.1. The lowest BCUT2D eigenvalue weighted by Crippen LogP contribution is -2.53. The minimum Gasteiger partial charge on any atom is -0.389 e. The normalized spacial score (nSPS) is 19.2. The maximum atomic E-state index is 14.8. The Kier molecular flexibility index (Phi) is 6.91. The zero-order valence-electron chi connectivity index (χ0n) is 20.4. The van der Waals surface area contributed by atoms with E-state index in [0.717, 1.165) is 10.8 Å². The number of aliphatic hydroxyl groups excluding tert-OH is 2. The zero-order valence-corrected chi connectivity index (χ0v) is 20.4. The Hall–Kier alpha value is -3.65. The van der Waals surface area contributed by atoms with Crippen molar-refractivity contribution < 1.29 is 37.0 Å². The SMILES string of the molecule is CC(C)(C)C(NC(=O)c1cn(-c2ncc(F)cc2F)c2nc(N3C[C@@H](O)[C@H](O)C3)ccc2c1=O)C(F)(F)F. The fourth-order valence-corrected chi connectivity index (χ4v) is 4.23. The lowest BCUT2D eigenvalue weighted by molar-refractivity contribution is -0.174. The third-order valence-electron chi connectivity index (χ3n) is 6.15. The fraction of sp³-hybridized carbons (Fsp3) is 0.417. The van der Waals surface area contributed by atoms with E-state index in [9.17, 15) is 41.8 Å². The van der Waals surface area contributed by atoms with E-state index in [0.29, 0.717) is 12.3 Å². The second-order valence-electron chi connectivity index (χ2n) is 10.1. The van der Waals surface area contributed by atoms with Crippen LogP contribution in [0.2, 0.25) is 0 Å². The van der Waals surface area contributed by atoms with Crippen LogP contribution in [0.3, 0.4) is 0 Å². The molecule has 4 heterocycles. The highest BCUT2D eigenvalue weighted by Crippen LogP contribution is 2.33. The summed E-state index contributed by atoms with van der Waals surface area (Å²) in [4.78, 5) is 35.7. The first-order chi connectivity index (χ1) is 17.6. The Morgan fingerprint density at radius 2 is 1.76 bits per heavy atom. The lowest BCUT2D eigenvalue weighted by Gasteiger charge is -2.33. The summed E-state index contributed by atoms with van der Waals surface area (Å²) in [5.41, 5.74) is -3.42. The fourth-order valence-electron chi connectivity index (χ4n) is 4.23. The molecule has 1 saturated heterocycles. The number of fused-ring (bicyclic) bond motifs is 1. The first kappa shape index (κ1) is 27.4. The van der Waals surface area contributed by atoms with E-state index in [1.54, 1.807) is 0 Å². The highest BCUT2D eigenvalue weighted by atomic mass is 19.4. The number of nitrogens with one attached hydrogen (secondary N) is 1. The Labute approximate surface area is 212 Å². The average molecular weight is 541 g/mol. The van der Waals surface area contributed by atoms with Gasteiger partial charge in [0.2, 0.25) is 5.43 Å². The molecule has 4 rings (SSSR count). The van der Waals surface area contributed by atoms with Gasteiger partial charge in [-0.3, -0.25) is 14.2 Å². The van der Waals surface area contributed by atoms with Gasteiger partial charge in [0.15, 0.2) is 17.3 Å². The highest BCUT2D eigenvalue weighted by Gasteiger charge is 2.48. The third kappa shape index (κ3) is 5.18. The molecule has 0 radical (unpaired) electrons. The molecule has 0 spiro atoms. The van der Waals surface area contributed by atoms with Gasteiger partial charge in [-0.25, -0.2) is 18.7 Å². The largest absolute Gasteiger partial charge is 0.409 e. The molecular formula is C24H24F5N5O4.